The Morgan fingerprint density at radius 2 is 1.95 bits per heavy atom. The van der Waals surface area contributed by atoms with Gasteiger partial charge in [0.25, 0.3) is 0 Å². The fraction of sp³-hybridized carbons (Fsp3) is 0.667. The number of rotatable bonds is 3. The largest absolute Gasteiger partial charge is 0.388 e. The smallest absolute Gasteiger partial charge is 0.147 e. The highest BCUT2D eigenvalue weighted by molar-refractivity contribution is 5.19. The van der Waals surface area contributed by atoms with Gasteiger partial charge in [0.1, 0.15) is 5.82 Å². The van der Waals surface area contributed by atoms with Crippen LogP contribution in [0.2, 0.25) is 0 Å². The zero-order chi connectivity index (χ0) is 14.1. The second-order valence-corrected chi connectivity index (χ2v) is 6.26. The van der Waals surface area contributed by atoms with Crippen molar-refractivity contribution in [3.63, 3.8) is 0 Å². The van der Waals surface area contributed by atoms with Gasteiger partial charge >= 0.3 is 0 Å². The van der Waals surface area contributed by atoms with Crippen LogP contribution < -0.4 is 5.32 Å². The summed E-state index contributed by atoms with van der Waals surface area (Å²) < 4.78 is 13.7. The fourth-order valence-corrected chi connectivity index (χ4v) is 2.88. The molecule has 19 heavy (non-hydrogen) atoms. The first-order valence-electron chi connectivity index (χ1n) is 6.87. The number of hydrogen-bond acceptors (Lipinski definition) is 3. The molecule has 1 fully saturated rings. The van der Waals surface area contributed by atoms with Gasteiger partial charge in [0.05, 0.1) is 12.3 Å². The number of nitrogens with one attached hydrogen (secondary N) is 1. The van der Waals surface area contributed by atoms with E-state index in [2.05, 4.69) is 17.2 Å². The van der Waals surface area contributed by atoms with Crippen LogP contribution in [0.5, 0.6) is 0 Å². The van der Waals surface area contributed by atoms with Crippen molar-refractivity contribution in [2.24, 2.45) is 5.41 Å². The highest BCUT2D eigenvalue weighted by Crippen LogP contribution is 2.48. The fourth-order valence-electron chi connectivity index (χ4n) is 2.88. The van der Waals surface area contributed by atoms with E-state index in [1.54, 1.807) is 6.07 Å². The Morgan fingerprint density at radius 3 is 2.47 bits per heavy atom. The van der Waals surface area contributed by atoms with Crippen molar-refractivity contribution in [2.45, 2.75) is 51.2 Å². The molecule has 0 radical (unpaired) electrons. The molecule has 1 aromatic heterocycles. The molecular formula is C15H23FN2O. The van der Waals surface area contributed by atoms with E-state index in [9.17, 15) is 9.50 Å². The van der Waals surface area contributed by atoms with Crippen LogP contribution in [0.4, 0.5) is 4.39 Å². The number of halogens is 1. The lowest BCUT2D eigenvalue weighted by Crippen LogP contribution is -2.46. The molecule has 2 N–H and O–H groups in total. The molecule has 0 aromatic carbocycles. The van der Waals surface area contributed by atoms with E-state index in [-0.39, 0.29) is 11.0 Å². The lowest BCUT2D eigenvalue weighted by Gasteiger charge is -2.45. The SMILES string of the molecule is CNC1(C)CCC(C)([C@@H](O)c2ccncc2F)CC1. The minimum absolute atomic E-state index is 0.135. The number of aliphatic hydroxyl groups excluding tert-OH is 1. The molecule has 1 saturated carbocycles. The Hall–Kier alpha value is -1.00. The Morgan fingerprint density at radius 1 is 1.32 bits per heavy atom. The van der Waals surface area contributed by atoms with Crippen molar-refractivity contribution < 1.29 is 9.50 Å². The molecule has 0 bridgehead atoms. The topological polar surface area (TPSA) is 45.1 Å². The number of nitrogens with zero attached hydrogens (tertiary/aromatic N) is 1. The van der Waals surface area contributed by atoms with Gasteiger partial charge in [0.15, 0.2) is 0 Å². The summed E-state index contributed by atoms with van der Waals surface area (Å²) in [5.41, 5.74) is 0.236. The third-order valence-corrected chi connectivity index (χ3v) is 4.86. The molecule has 3 nitrogen and oxygen atoms in total. The molecule has 1 aliphatic rings. The lowest BCUT2D eigenvalue weighted by molar-refractivity contribution is -0.0114. The van der Waals surface area contributed by atoms with Gasteiger partial charge in [-0.3, -0.25) is 4.98 Å². The monoisotopic (exact) mass is 266 g/mol. The van der Waals surface area contributed by atoms with Crippen LogP contribution in [0, 0.1) is 11.2 Å². The maximum absolute atomic E-state index is 13.7. The molecule has 0 amide bonds. The third-order valence-electron chi connectivity index (χ3n) is 4.86. The Labute approximate surface area is 114 Å². The maximum atomic E-state index is 13.7. The molecule has 0 aliphatic heterocycles. The zero-order valence-corrected chi connectivity index (χ0v) is 11.9. The Bertz CT molecular complexity index is 442. The van der Waals surface area contributed by atoms with Crippen molar-refractivity contribution in [1.29, 1.82) is 0 Å². The molecule has 106 valence electrons. The number of pyridine rings is 1. The van der Waals surface area contributed by atoms with Gasteiger partial charge in [-0.25, -0.2) is 4.39 Å². The summed E-state index contributed by atoms with van der Waals surface area (Å²) in [5.74, 6) is -0.418. The quantitative estimate of drug-likeness (QED) is 0.884. The summed E-state index contributed by atoms with van der Waals surface area (Å²) in [5, 5.41) is 13.9. The van der Waals surface area contributed by atoms with Crippen LogP contribution in [0.3, 0.4) is 0 Å². The molecule has 1 aliphatic carbocycles. The molecule has 0 saturated heterocycles. The summed E-state index contributed by atoms with van der Waals surface area (Å²) in [4.78, 5) is 3.74. The molecular weight excluding hydrogens is 243 g/mol. The number of hydrogen-bond donors (Lipinski definition) is 2. The average Bonchev–Trinajstić information content (AvgIpc) is 2.42. The third kappa shape index (κ3) is 2.79. The molecule has 1 heterocycles. The summed E-state index contributed by atoms with van der Waals surface area (Å²) >= 11 is 0. The van der Waals surface area contributed by atoms with E-state index in [0.717, 1.165) is 25.7 Å². The second kappa shape index (κ2) is 5.17. The van der Waals surface area contributed by atoms with Gasteiger partial charge in [0, 0.05) is 17.3 Å². The van der Waals surface area contributed by atoms with Crippen molar-refractivity contribution in [3.8, 4) is 0 Å². The summed E-state index contributed by atoms with van der Waals surface area (Å²) in [6.07, 6.45) is 5.68. The van der Waals surface area contributed by atoms with E-state index in [1.165, 1.54) is 12.4 Å². The minimum Gasteiger partial charge on any atom is -0.388 e. The highest BCUT2D eigenvalue weighted by Gasteiger charge is 2.42. The lowest BCUT2D eigenvalue weighted by atomic mass is 9.65. The van der Waals surface area contributed by atoms with Crippen molar-refractivity contribution in [2.75, 3.05) is 7.05 Å². The molecule has 1 atom stereocenters. The standard InChI is InChI=1S/C15H23FN2O/c1-14(5-7-15(2,17-3)8-6-14)13(19)11-4-9-18-10-12(11)16/h4,9-10,13,17,19H,5-8H2,1-3H3/t13-,14?,15?/m0/s1. The summed E-state index contributed by atoms with van der Waals surface area (Å²) in [7, 11) is 1.97. The van der Waals surface area contributed by atoms with Crippen LogP contribution in [-0.4, -0.2) is 22.7 Å². The predicted molar refractivity (Wildman–Crippen MR) is 73.2 cm³/mol. The van der Waals surface area contributed by atoms with Gasteiger partial charge in [0.2, 0.25) is 0 Å². The molecule has 4 heteroatoms. The van der Waals surface area contributed by atoms with E-state index >= 15 is 0 Å². The van der Waals surface area contributed by atoms with E-state index in [4.69, 9.17) is 0 Å². The molecule has 0 spiro atoms. The van der Waals surface area contributed by atoms with E-state index in [1.807, 2.05) is 14.0 Å². The van der Waals surface area contributed by atoms with Crippen LogP contribution in [-0.2, 0) is 0 Å². The van der Waals surface area contributed by atoms with Gasteiger partial charge < -0.3 is 10.4 Å². The van der Waals surface area contributed by atoms with Crippen LogP contribution in [0.1, 0.15) is 51.2 Å². The maximum Gasteiger partial charge on any atom is 0.147 e. The molecule has 1 aromatic rings. The van der Waals surface area contributed by atoms with Gasteiger partial charge in [-0.05, 0) is 51.1 Å². The van der Waals surface area contributed by atoms with Gasteiger partial charge in [-0.2, -0.15) is 0 Å². The Kier molecular flexibility index (Phi) is 3.92. The average molecular weight is 266 g/mol. The zero-order valence-electron chi connectivity index (χ0n) is 11.9. The Balaban J connectivity index is 2.16. The van der Waals surface area contributed by atoms with Crippen molar-refractivity contribution in [1.82, 2.24) is 10.3 Å². The molecule has 0 unspecified atom stereocenters. The predicted octanol–water partition coefficient (Wildman–Crippen LogP) is 2.81. The minimum atomic E-state index is -0.767. The summed E-state index contributed by atoms with van der Waals surface area (Å²) in [6.45, 7) is 4.25. The number of aromatic nitrogens is 1. The van der Waals surface area contributed by atoms with Crippen LogP contribution >= 0.6 is 0 Å². The van der Waals surface area contributed by atoms with E-state index < -0.39 is 11.9 Å². The normalized spacial score (nSPS) is 33.1. The molecule has 2 rings (SSSR count). The van der Waals surface area contributed by atoms with Crippen LogP contribution in [0.15, 0.2) is 18.5 Å². The van der Waals surface area contributed by atoms with Gasteiger partial charge in [-0.15, -0.1) is 0 Å². The first kappa shape index (κ1) is 14.4. The van der Waals surface area contributed by atoms with Crippen LogP contribution in [0.25, 0.3) is 0 Å². The first-order valence-corrected chi connectivity index (χ1v) is 6.87. The number of aliphatic hydroxyl groups is 1. The van der Waals surface area contributed by atoms with Crippen molar-refractivity contribution >= 4 is 0 Å². The van der Waals surface area contributed by atoms with E-state index in [0.29, 0.717) is 5.56 Å². The highest BCUT2D eigenvalue weighted by atomic mass is 19.1. The summed E-state index contributed by atoms with van der Waals surface area (Å²) in [6, 6.07) is 1.58. The van der Waals surface area contributed by atoms with Crippen molar-refractivity contribution in [3.05, 3.63) is 29.8 Å². The van der Waals surface area contributed by atoms with Gasteiger partial charge in [-0.1, -0.05) is 6.92 Å². The second-order valence-electron chi connectivity index (χ2n) is 6.26. The first-order chi connectivity index (χ1) is 8.90.